The van der Waals surface area contributed by atoms with Gasteiger partial charge in [-0.3, -0.25) is 14.9 Å². The normalized spacial score (nSPS) is 11.5. The Balaban J connectivity index is 2.41. The van der Waals surface area contributed by atoms with Crippen LogP contribution >= 0.6 is 0 Å². The molecule has 1 rings (SSSR count). The highest BCUT2D eigenvalue weighted by molar-refractivity contribution is 5.92. The topological polar surface area (TPSA) is 88.9 Å². The van der Waals surface area contributed by atoms with Crippen LogP contribution in [0.3, 0.4) is 0 Å². The first-order valence-electron chi connectivity index (χ1n) is 8.07. The van der Waals surface area contributed by atoms with Crippen molar-refractivity contribution in [3.8, 4) is 0 Å². The van der Waals surface area contributed by atoms with Gasteiger partial charge in [-0.2, -0.15) is 0 Å². The van der Waals surface area contributed by atoms with Gasteiger partial charge < -0.3 is 15.0 Å². The maximum absolute atomic E-state index is 12.0. The summed E-state index contributed by atoms with van der Waals surface area (Å²) in [4.78, 5) is 35.7. The summed E-state index contributed by atoms with van der Waals surface area (Å²) < 4.78 is 4.65. The lowest BCUT2D eigenvalue weighted by molar-refractivity contribution is -0.881. The van der Waals surface area contributed by atoms with Crippen molar-refractivity contribution in [1.82, 2.24) is 10.6 Å². The van der Waals surface area contributed by atoms with Crippen molar-refractivity contribution in [3.05, 3.63) is 35.4 Å². The van der Waals surface area contributed by atoms with Gasteiger partial charge in [-0.25, -0.2) is 4.79 Å². The second kappa shape index (κ2) is 10.4. The number of imide groups is 1. The summed E-state index contributed by atoms with van der Waals surface area (Å²) in [5.41, 5.74) is 2.18. The molecule has 0 aliphatic carbocycles. The number of rotatable bonds is 8. The van der Waals surface area contributed by atoms with Crippen LogP contribution in [0.25, 0.3) is 0 Å². The molecule has 132 valence electrons. The number of alkyl carbamates (subject to hydrolysis) is 1. The first-order valence-corrected chi connectivity index (χ1v) is 8.07. The average Bonchev–Trinajstić information content (AvgIpc) is 2.53. The number of carbonyl (C=O) groups excluding carboxylic acids is 3. The third kappa shape index (κ3) is 7.23. The SMILES string of the molecule is CCOC(=O)NC(=O)C[NH+](CC)CC(=O)NCc1ccccc1C. The second-order valence-electron chi connectivity index (χ2n) is 5.43. The Labute approximate surface area is 142 Å². The van der Waals surface area contributed by atoms with Gasteiger partial charge in [0.15, 0.2) is 13.1 Å². The monoisotopic (exact) mass is 336 g/mol. The summed E-state index contributed by atoms with van der Waals surface area (Å²) in [7, 11) is 0. The number of benzene rings is 1. The van der Waals surface area contributed by atoms with E-state index >= 15 is 0 Å². The van der Waals surface area contributed by atoms with Gasteiger partial charge in [0, 0.05) is 6.54 Å². The molecule has 3 amide bonds. The van der Waals surface area contributed by atoms with E-state index in [-0.39, 0.29) is 25.6 Å². The van der Waals surface area contributed by atoms with Crippen LogP contribution in [0.4, 0.5) is 4.79 Å². The van der Waals surface area contributed by atoms with Crippen molar-refractivity contribution in [1.29, 1.82) is 0 Å². The molecule has 0 aliphatic heterocycles. The maximum Gasteiger partial charge on any atom is 0.414 e. The summed E-state index contributed by atoms with van der Waals surface area (Å²) in [6.07, 6.45) is -0.762. The van der Waals surface area contributed by atoms with E-state index in [0.29, 0.717) is 13.1 Å². The van der Waals surface area contributed by atoms with E-state index in [1.54, 1.807) is 6.92 Å². The van der Waals surface area contributed by atoms with Gasteiger partial charge in [0.05, 0.1) is 13.2 Å². The zero-order valence-corrected chi connectivity index (χ0v) is 14.5. The average molecular weight is 336 g/mol. The first kappa shape index (κ1) is 19.6. The molecule has 7 nitrogen and oxygen atoms in total. The lowest BCUT2D eigenvalue weighted by Gasteiger charge is -2.16. The summed E-state index contributed by atoms with van der Waals surface area (Å²) in [6, 6.07) is 7.83. The Hall–Kier alpha value is -2.41. The smallest absolute Gasteiger partial charge is 0.414 e. The van der Waals surface area contributed by atoms with Gasteiger partial charge in [-0.15, -0.1) is 0 Å². The molecule has 3 N–H and O–H groups in total. The van der Waals surface area contributed by atoms with Gasteiger partial charge in [-0.05, 0) is 31.9 Å². The molecule has 1 aromatic carbocycles. The Bertz CT molecular complexity index is 575. The fourth-order valence-electron chi connectivity index (χ4n) is 2.16. The molecule has 1 unspecified atom stereocenters. The van der Waals surface area contributed by atoms with E-state index in [9.17, 15) is 14.4 Å². The molecule has 0 aromatic heterocycles. The number of aryl methyl sites for hydroxylation is 1. The minimum Gasteiger partial charge on any atom is -0.450 e. The molecule has 7 heteroatoms. The van der Waals surface area contributed by atoms with Crippen LogP contribution in [0.1, 0.15) is 25.0 Å². The number of hydrogen-bond acceptors (Lipinski definition) is 4. The predicted molar refractivity (Wildman–Crippen MR) is 89.4 cm³/mol. The van der Waals surface area contributed by atoms with Crippen LogP contribution in [-0.2, 0) is 20.9 Å². The number of quaternary nitrogens is 1. The fraction of sp³-hybridized carbons (Fsp3) is 0.471. The predicted octanol–water partition coefficient (Wildman–Crippen LogP) is -0.211. The van der Waals surface area contributed by atoms with Gasteiger partial charge in [0.2, 0.25) is 0 Å². The molecule has 1 atom stereocenters. The van der Waals surface area contributed by atoms with Crippen LogP contribution in [0, 0.1) is 6.92 Å². The number of nitrogens with one attached hydrogen (secondary N) is 3. The molecule has 0 saturated heterocycles. The zero-order valence-electron chi connectivity index (χ0n) is 14.5. The number of ether oxygens (including phenoxy) is 1. The Morgan fingerprint density at radius 1 is 1.08 bits per heavy atom. The molecular formula is C17H26N3O4+. The Morgan fingerprint density at radius 2 is 1.75 bits per heavy atom. The van der Waals surface area contributed by atoms with E-state index in [1.807, 2.05) is 38.1 Å². The standard InChI is InChI=1S/C17H25N3O4/c1-4-20(12-16(22)19-17(23)24-5-2)11-15(21)18-10-14-9-7-6-8-13(14)3/h6-9H,4-5,10-12H2,1-3H3,(H,18,21)(H,19,22,23)/p+1. The minimum absolute atomic E-state index is 0.0348. The summed E-state index contributed by atoms with van der Waals surface area (Å²) in [6.45, 7) is 6.97. The Morgan fingerprint density at radius 3 is 2.38 bits per heavy atom. The third-order valence-corrected chi connectivity index (χ3v) is 3.58. The molecule has 0 saturated carbocycles. The van der Waals surface area contributed by atoms with Gasteiger partial charge in [-0.1, -0.05) is 24.3 Å². The maximum atomic E-state index is 12.0. The summed E-state index contributed by atoms with van der Waals surface area (Å²) >= 11 is 0. The highest BCUT2D eigenvalue weighted by Crippen LogP contribution is 2.05. The number of hydrogen-bond donors (Lipinski definition) is 3. The number of amides is 3. The summed E-state index contributed by atoms with van der Waals surface area (Å²) in [5, 5.41) is 4.99. The third-order valence-electron chi connectivity index (χ3n) is 3.58. The van der Waals surface area contributed by atoms with E-state index in [4.69, 9.17) is 0 Å². The van der Waals surface area contributed by atoms with Crippen molar-refractivity contribution in [2.75, 3.05) is 26.2 Å². The van der Waals surface area contributed by atoms with E-state index in [1.165, 1.54) is 0 Å². The van der Waals surface area contributed by atoms with Crippen LogP contribution in [0.2, 0.25) is 0 Å². The van der Waals surface area contributed by atoms with Crippen molar-refractivity contribution in [2.45, 2.75) is 27.3 Å². The molecule has 24 heavy (non-hydrogen) atoms. The van der Waals surface area contributed by atoms with Crippen LogP contribution in [0.15, 0.2) is 24.3 Å². The Kier molecular flexibility index (Phi) is 8.49. The van der Waals surface area contributed by atoms with Crippen molar-refractivity contribution >= 4 is 17.9 Å². The molecule has 0 aliphatic rings. The van der Waals surface area contributed by atoms with Gasteiger partial charge in [0.25, 0.3) is 11.8 Å². The zero-order chi connectivity index (χ0) is 17.9. The molecule has 1 aromatic rings. The van der Waals surface area contributed by atoms with E-state index in [0.717, 1.165) is 16.0 Å². The quantitative estimate of drug-likeness (QED) is 0.613. The summed E-state index contributed by atoms with van der Waals surface area (Å²) in [5.74, 6) is -0.601. The lowest BCUT2D eigenvalue weighted by Crippen LogP contribution is -3.14. The first-order chi connectivity index (χ1) is 11.5. The minimum atomic E-state index is -0.762. The molecule has 0 radical (unpaired) electrons. The van der Waals surface area contributed by atoms with Crippen LogP contribution < -0.4 is 15.5 Å². The van der Waals surface area contributed by atoms with Crippen molar-refractivity contribution < 1.29 is 24.0 Å². The fourth-order valence-corrected chi connectivity index (χ4v) is 2.16. The highest BCUT2D eigenvalue weighted by atomic mass is 16.5. The molecule has 0 spiro atoms. The van der Waals surface area contributed by atoms with Crippen molar-refractivity contribution in [2.24, 2.45) is 0 Å². The largest absolute Gasteiger partial charge is 0.450 e. The lowest BCUT2D eigenvalue weighted by atomic mass is 10.1. The molecule has 0 bridgehead atoms. The van der Waals surface area contributed by atoms with E-state index in [2.05, 4.69) is 15.4 Å². The molecule has 0 fully saturated rings. The van der Waals surface area contributed by atoms with Gasteiger partial charge in [0.1, 0.15) is 0 Å². The highest BCUT2D eigenvalue weighted by Gasteiger charge is 2.18. The number of likely N-dealkylation sites (N-methyl/N-ethyl adjacent to an activating group) is 1. The van der Waals surface area contributed by atoms with E-state index < -0.39 is 12.0 Å². The number of carbonyl (C=O) groups is 3. The van der Waals surface area contributed by atoms with Crippen LogP contribution in [0.5, 0.6) is 0 Å². The van der Waals surface area contributed by atoms with Crippen molar-refractivity contribution in [3.63, 3.8) is 0 Å². The van der Waals surface area contributed by atoms with Gasteiger partial charge >= 0.3 is 6.09 Å². The van der Waals surface area contributed by atoms with Crippen LogP contribution in [-0.4, -0.2) is 44.1 Å². The molecule has 0 heterocycles. The second-order valence-corrected chi connectivity index (χ2v) is 5.43. The molecular weight excluding hydrogens is 310 g/mol.